The Morgan fingerprint density at radius 3 is 2.13 bits per heavy atom. The van der Waals surface area contributed by atoms with E-state index >= 15 is 4.39 Å². The number of nitrogens with two attached hydrogens (primary N) is 1. The fourth-order valence-corrected chi connectivity index (χ4v) is 8.75. The minimum Gasteiger partial charge on any atom is -0.459 e. The van der Waals surface area contributed by atoms with E-state index in [0.717, 1.165) is 45.6 Å². The number of amides is 2. The van der Waals surface area contributed by atoms with Crippen LogP contribution in [-0.2, 0) is 25.6 Å². The molecule has 6 rings (SSSR count). The molecule has 0 saturated heterocycles. The number of nitrogens with zero attached hydrogens (tertiary/aromatic N) is 2. The molecule has 5 aromatic rings. The van der Waals surface area contributed by atoms with E-state index in [2.05, 4.69) is 29.6 Å². The fraction of sp³-hybridized carbons (Fsp3) is 0.367. The molecule has 0 aliphatic heterocycles. The third-order valence-electron chi connectivity index (χ3n) is 10.5. The number of carbonyl (C=O) groups excluding carboxylic acids is 3. The second-order valence-electron chi connectivity index (χ2n) is 17.5. The molecule has 1 aromatic heterocycles. The zero-order chi connectivity index (χ0) is 43.9. The minimum atomic E-state index is -0.933. The highest BCUT2D eigenvalue weighted by Gasteiger charge is 2.37. The van der Waals surface area contributed by atoms with Gasteiger partial charge in [0.15, 0.2) is 0 Å². The first-order chi connectivity index (χ1) is 29.0. The number of nitrogens with one attached hydrogen (secondary N) is 1. The SMILES string of the molecule is CC(C)(C)OC(=O)[C@@H](N)CSCC(=O)N(CCCNC(=O)OCC1c2ccccc2-c2ccccc21)[C@@H](c1cc(-c2cc(F)ccc2F)cn1Cc1ccccc1)C(C)(C)C. The summed E-state index contributed by atoms with van der Waals surface area (Å²) in [5, 5.41) is 2.88. The number of hydrogen-bond acceptors (Lipinski definition) is 7. The lowest BCUT2D eigenvalue weighted by atomic mass is 9.83. The summed E-state index contributed by atoms with van der Waals surface area (Å²) in [7, 11) is 0. The lowest BCUT2D eigenvalue weighted by Crippen LogP contribution is -2.44. The lowest BCUT2D eigenvalue weighted by Gasteiger charge is -2.41. The Hall–Kier alpha value is -5.46. The summed E-state index contributed by atoms with van der Waals surface area (Å²) in [5.74, 6) is -1.82. The monoisotopic (exact) mass is 850 g/mol. The van der Waals surface area contributed by atoms with Gasteiger partial charge in [0.05, 0.1) is 11.8 Å². The average Bonchev–Trinajstić information content (AvgIpc) is 3.76. The zero-order valence-corrected chi connectivity index (χ0v) is 36.6. The average molecular weight is 851 g/mol. The van der Waals surface area contributed by atoms with Crippen molar-refractivity contribution in [2.24, 2.45) is 11.1 Å². The number of thioether (sulfide) groups is 1. The number of hydrogen-bond donors (Lipinski definition) is 2. The number of benzene rings is 4. The second-order valence-corrected chi connectivity index (χ2v) is 18.5. The molecule has 1 aliphatic carbocycles. The molecule has 2 amide bonds. The molecule has 4 aromatic carbocycles. The summed E-state index contributed by atoms with van der Waals surface area (Å²) in [6.07, 6.45) is 1.63. The topological polar surface area (TPSA) is 116 Å². The number of rotatable bonds is 16. The van der Waals surface area contributed by atoms with E-state index in [1.165, 1.54) is 17.8 Å². The molecule has 0 radical (unpaired) electrons. The number of halogens is 2. The second kappa shape index (κ2) is 19.5. The molecule has 1 aliphatic rings. The molecule has 2 atom stereocenters. The van der Waals surface area contributed by atoms with Gasteiger partial charge >= 0.3 is 12.1 Å². The van der Waals surface area contributed by atoms with Crippen LogP contribution in [0.4, 0.5) is 13.6 Å². The van der Waals surface area contributed by atoms with Crippen molar-refractivity contribution < 1.29 is 32.6 Å². The quantitative estimate of drug-likeness (QED) is 0.0751. The van der Waals surface area contributed by atoms with Gasteiger partial charge in [0.25, 0.3) is 0 Å². The van der Waals surface area contributed by atoms with Gasteiger partial charge in [-0.2, -0.15) is 0 Å². The Morgan fingerprint density at radius 1 is 0.852 bits per heavy atom. The third-order valence-corrected chi connectivity index (χ3v) is 11.6. The molecule has 0 spiro atoms. The fourth-order valence-electron chi connectivity index (χ4n) is 7.90. The molecule has 3 N–H and O–H groups in total. The normalized spacial score (nSPS) is 13.5. The van der Waals surface area contributed by atoms with Gasteiger partial charge in [0.2, 0.25) is 5.91 Å². The molecule has 0 fully saturated rings. The van der Waals surface area contributed by atoms with Crippen LogP contribution in [-0.4, -0.2) is 70.3 Å². The molecule has 0 saturated carbocycles. The number of esters is 1. The summed E-state index contributed by atoms with van der Waals surface area (Å²) in [4.78, 5) is 42.1. The van der Waals surface area contributed by atoms with Crippen LogP contribution in [0.2, 0.25) is 0 Å². The van der Waals surface area contributed by atoms with Crippen molar-refractivity contribution in [1.29, 1.82) is 0 Å². The maximum atomic E-state index is 15.3. The molecule has 0 bridgehead atoms. The highest BCUT2D eigenvalue weighted by atomic mass is 32.2. The van der Waals surface area contributed by atoms with E-state index in [1.54, 1.807) is 31.9 Å². The highest BCUT2D eigenvalue weighted by molar-refractivity contribution is 8.00. The Labute approximate surface area is 362 Å². The first kappa shape index (κ1) is 45.1. The zero-order valence-electron chi connectivity index (χ0n) is 35.8. The van der Waals surface area contributed by atoms with Gasteiger partial charge in [-0.3, -0.25) is 9.59 Å². The molecule has 322 valence electrons. The van der Waals surface area contributed by atoms with Crippen LogP contribution in [0, 0.1) is 17.0 Å². The van der Waals surface area contributed by atoms with Crippen LogP contribution in [0.3, 0.4) is 0 Å². The van der Waals surface area contributed by atoms with Crippen molar-refractivity contribution in [2.75, 3.05) is 31.2 Å². The van der Waals surface area contributed by atoms with Gasteiger partial charge in [-0.15, -0.1) is 11.8 Å². The van der Waals surface area contributed by atoms with Crippen LogP contribution in [0.5, 0.6) is 0 Å². The van der Waals surface area contributed by atoms with Gasteiger partial charge in [-0.25, -0.2) is 13.6 Å². The van der Waals surface area contributed by atoms with Crippen LogP contribution in [0.25, 0.3) is 22.3 Å². The molecule has 9 nitrogen and oxygen atoms in total. The number of alkyl carbamates (subject to hydrolysis) is 1. The molecular formula is C49H56F2N4O5S. The molecule has 1 heterocycles. The summed E-state index contributed by atoms with van der Waals surface area (Å²) in [6, 6.07) is 29.8. The van der Waals surface area contributed by atoms with E-state index < -0.39 is 46.8 Å². The van der Waals surface area contributed by atoms with E-state index in [-0.39, 0.29) is 48.6 Å². The van der Waals surface area contributed by atoms with Gasteiger partial charge in [0.1, 0.15) is 29.9 Å². The Morgan fingerprint density at radius 2 is 1.49 bits per heavy atom. The predicted octanol–water partition coefficient (Wildman–Crippen LogP) is 9.73. The smallest absolute Gasteiger partial charge is 0.407 e. The number of fused-ring (bicyclic) bond motifs is 3. The maximum Gasteiger partial charge on any atom is 0.407 e. The van der Waals surface area contributed by atoms with Gasteiger partial charge < -0.3 is 30.0 Å². The summed E-state index contributed by atoms with van der Waals surface area (Å²) in [5.41, 5.74) is 11.7. The van der Waals surface area contributed by atoms with Crippen molar-refractivity contribution in [1.82, 2.24) is 14.8 Å². The number of carbonyl (C=O) groups is 3. The molecular weight excluding hydrogens is 795 g/mol. The summed E-state index contributed by atoms with van der Waals surface area (Å²) in [6.45, 7) is 12.4. The minimum absolute atomic E-state index is 0.00760. The van der Waals surface area contributed by atoms with Crippen molar-refractivity contribution in [3.8, 4) is 22.3 Å². The number of ether oxygens (including phenoxy) is 2. The standard InChI is InChI=1S/C49H56F2N4O5S/c1-48(2,3)45(43-25-33(39-26-34(50)21-22-41(39)51)28-54(43)27-32-15-8-7-9-16-32)55(44(56)31-61-30-42(52)46(57)60-49(4,5)6)24-14-23-53-47(58)59-29-40-37-19-12-10-17-35(37)36-18-11-13-20-38(36)40/h7-13,15-22,25-26,28,40,42,45H,14,23-24,27,29-31,52H2,1-6H3,(H,53,58)/t42-,45-/m0/s1. The van der Waals surface area contributed by atoms with Crippen LogP contribution in [0.15, 0.2) is 109 Å². The van der Waals surface area contributed by atoms with Gasteiger partial charge in [-0.05, 0) is 84.7 Å². The molecule has 0 unspecified atom stereocenters. The Bertz CT molecular complexity index is 2270. The Balaban J connectivity index is 1.23. The van der Waals surface area contributed by atoms with E-state index in [1.807, 2.05) is 86.0 Å². The first-order valence-corrected chi connectivity index (χ1v) is 21.8. The predicted molar refractivity (Wildman–Crippen MR) is 238 cm³/mol. The van der Waals surface area contributed by atoms with E-state index in [4.69, 9.17) is 15.2 Å². The van der Waals surface area contributed by atoms with Crippen molar-refractivity contribution in [3.63, 3.8) is 0 Å². The third kappa shape index (κ3) is 11.5. The highest BCUT2D eigenvalue weighted by Crippen LogP contribution is 2.45. The Kier molecular flexibility index (Phi) is 14.4. The van der Waals surface area contributed by atoms with Gasteiger partial charge in [-0.1, -0.05) is 99.6 Å². The largest absolute Gasteiger partial charge is 0.459 e. The molecule has 61 heavy (non-hydrogen) atoms. The van der Waals surface area contributed by atoms with Crippen molar-refractivity contribution in [3.05, 3.63) is 143 Å². The summed E-state index contributed by atoms with van der Waals surface area (Å²) < 4.78 is 43.1. The van der Waals surface area contributed by atoms with Gasteiger partial charge in [0, 0.05) is 54.3 Å². The van der Waals surface area contributed by atoms with E-state index in [9.17, 15) is 18.8 Å². The van der Waals surface area contributed by atoms with Crippen LogP contribution < -0.4 is 11.1 Å². The van der Waals surface area contributed by atoms with Crippen molar-refractivity contribution in [2.45, 2.75) is 78.1 Å². The number of aromatic nitrogens is 1. The lowest BCUT2D eigenvalue weighted by molar-refractivity contribution is -0.155. The molecule has 12 heteroatoms. The van der Waals surface area contributed by atoms with E-state index in [0.29, 0.717) is 18.5 Å². The van der Waals surface area contributed by atoms with Crippen LogP contribution >= 0.6 is 11.8 Å². The van der Waals surface area contributed by atoms with Crippen LogP contribution in [0.1, 0.15) is 82.3 Å². The maximum absolute atomic E-state index is 15.3. The summed E-state index contributed by atoms with van der Waals surface area (Å²) >= 11 is 1.24. The van der Waals surface area contributed by atoms with Crippen molar-refractivity contribution >= 4 is 29.7 Å². The first-order valence-electron chi connectivity index (χ1n) is 20.6.